The van der Waals surface area contributed by atoms with Crippen LogP contribution in [0.2, 0.25) is 0 Å². The first-order valence-electron chi connectivity index (χ1n) is 5.30. The van der Waals surface area contributed by atoms with E-state index >= 15 is 0 Å². The topological polar surface area (TPSA) is 63.2 Å². The fourth-order valence-corrected chi connectivity index (χ4v) is 2.46. The Labute approximate surface area is 110 Å². The number of hydrogen-bond acceptors (Lipinski definition) is 5. The van der Waals surface area contributed by atoms with Gasteiger partial charge < -0.3 is 15.4 Å². The van der Waals surface area contributed by atoms with Gasteiger partial charge in [0.1, 0.15) is 0 Å². The molecule has 0 bridgehead atoms. The zero-order valence-corrected chi connectivity index (χ0v) is 11.2. The van der Waals surface area contributed by atoms with E-state index in [0.717, 1.165) is 23.6 Å². The Morgan fingerprint density at radius 2 is 2.41 bits per heavy atom. The molecule has 17 heavy (non-hydrogen) atoms. The summed E-state index contributed by atoms with van der Waals surface area (Å²) in [6.07, 6.45) is 1.31. The van der Waals surface area contributed by atoms with Crippen LogP contribution in [0.5, 0.6) is 0 Å². The number of rotatable bonds is 4. The standard InChI is InChI=1S/C10H15N3O2S.ClH/c1-11-4-2-9(14)13-10-12-7-3-5-15-6-8(7)16-10;/h11H,2-6H2,1H3,(H,12,13,14);1H. The molecule has 0 atom stereocenters. The van der Waals surface area contributed by atoms with Crippen LogP contribution in [0.25, 0.3) is 0 Å². The zero-order valence-electron chi connectivity index (χ0n) is 9.62. The van der Waals surface area contributed by atoms with E-state index in [2.05, 4.69) is 15.6 Å². The lowest BCUT2D eigenvalue weighted by Crippen LogP contribution is -2.18. The second kappa shape index (κ2) is 6.90. The SMILES string of the molecule is CNCCC(=O)Nc1nc2c(s1)COCC2.Cl. The van der Waals surface area contributed by atoms with Crippen molar-refractivity contribution in [2.45, 2.75) is 19.4 Å². The highest BCUT2D eigenvalue weighted by Gasteiger charge is 2.16. The maximum absolute atomic E-state index is 11.5. The molecule has 1 aliphatic rings. The average Bonchev–Trinajstić information content (AvgIpc) is 2.68. The van der Waals surface area contributed by atoms with Gasteiger partial charge in [-0.2, -0.15) is 0 Å². The van der Waals surface area contributed by atoms with Crippen molar-refractivity contribution < 1.29 is 9.53 Å². The van der Waals surface area contributed by atoms with Crippen molar-refractivity contribution in [3.05, 3.63) is 10.6 Å². The molecule has 5 nitrogen and oxygen atoms in total. The molecule has 0 radical (unpaired) electrons. The monoisotopic (exact) mass is 277 g/mol. The Morgan fingerprint density at radius 1 is 1.59 bits per heavy atom. The zero-order chi connectivity index (χ0) is 11.4. The van der Waals surface area contributed by atoms with Crippen LogP contribution in [-0.4, -0.2) is 31.1 Å². The maximum atomic E-state index is 11.5. The van der Waals surface area contributed by atoms with Crippen molar-refractivity contribution in [1.82, 2.24) is 10.3 Å². The van der Waals surface area contributed by atoms with Gasteiger partial charge in [0.2, 0.25) is 5.91 Å². The number of thiazole rings is 1. The van der Waals surface area contributed by atoms with Gasteiger partial charge >= 0.3 is 0 Å². The number of carbonyl (C=O) groups is 1. The summed E-state index contributed by atoms with van der Waals surface area (Å²) < 4.78 is 5.33. The molecule has 7 heteroatoms. The van der Waals surface area contributed by atoms with Gasteiger partial charge in [0, 0.05) is 19.4 Å². The third-order valence-corrected chi connectivity index (χ3v) is 3.33. The number of nitrogens with one attached hydrogen (secondary N) is 2. The predicted molar refractivity (Wildman–Crippen MR) is 69.9 cm³/mol. The molecule has 0 aliphatic carbocycles. The van der Waals surface area contributed by atoms with E-state index in [9.17, 15) is 4.79 Å². The number of carbonyl (C=O) groups excluding carboxylic acids is 1. The summed E-state index contributed by atoms with van der Waals surface area (Å²) in [5, 5.41) is 6.43. The van der Waals surface area contributed by atoms with Crippen molar-refractivity contribution in [2.75, 3.05) is 25.5 Å². The van der Waals surface area contributed by atoms with E-state index < -0.39 is 0 Å². The average molecular weight is 278 g/mol. The Hall–Kier alpha value is -0.690. The molecule has 0 saturated heterocycles. The summed E-state index contributed by atoms with van der Waals surface area (Å²) >= 11 is 1.51. The number of aromatic nitrogens is 1. The van der Waals surface area contributed by atoms with Crippen LogP contribution in [0.1, 0.15) is 17.0 Å². The van der Waals surface area contributed by atoms with Crippen LogP contribution in [0.4, 0.5) is 5.13 Å². The van der Waals surface area contributed by atoms with Crippen molar-refractivity contribution in [3.8, 4) is 0 Å². The lowest BCUT2D eigenvalue weighted by molar-refractivity contribution is -0.116. The fourth-order valence-electron chi connectivity index (χ4n) is 1.50. The number of nitrogens with zero attached hydrogens (tertiary/aromatic N) is 1. The van der Waals surface area contributed by atoms with Gasteiger partial charge in [-0.3, -0.25) is 4.79 Å². The van der Waals surface area contributed by atoms with Gasteiger partial charge in [0.05, 0.1) is 23.8 Å². The van der Waals surface area contributed by atoms with Gasteiger partial charge in [-0.05, 0) is 7.05 Å². The first-order valence-corrected chi connectivity index (χ1v) is 6.12. The minimum absolute atomic E-state index is 0. The van der Waals surface area contributed by atoms with Gasteiger partial charge in [-0.25, -0.2) is 4.98 Å². The molecular formula is C10H16ClN3O2S. The number of anilines is 1. The van der Waals surface area contributed by atoms with E-state index in [1.54, 1.807) is 0 Å². The number of fused-ring (bicyclic) bond motifs is 1. The predicted octanol–water partition coefficient (Wildman–Crippen LogP) is 1.19. The smallest absolute Gasteiger partial charge is 0.227 e. The van der Waals surface area contributed by atoms with Crippen molar-refractivity contribution in [3.63, 3.8) is 0 Å². The molecule has 0 spiro atoms. The van der Waals surface area contributed by atoms with Crippen LogP contribution in [0, 0.1) is 0 Å². The molecule has 1 aromatic heterocycles. The summed E-state index contributed by atoms with van der Waals surface area (Å²) in [7, 11) is 1.83. The van der Waals surface area contributed by atoms with Crippen molar-refractivity contribution in [1.29, 1.82) is 0 Å². The summed E-state index contributed by atoms with van der Waals surface area (Å²) in [5.41, 5.74) is 1.07. The lowest BCUT2D eigenvalue weighted by atomic mass is 10.2. The highest BCUT2D eigenvalue weighted by Crippen LogP contribution is 2.26. The number of hydrogen-bond donors (Lipinski definition) is 2. The van der Waals surface area contributed by atoms with E-state index in [0.29, 0.717) is 24.7 Å². The summed E-state index contributed by atoms with van der Waals surface area (Å²) in [6, 6.07) is 0. The normalized spacial score (nSPS) is 13.7. The molecule has 0 unspecified atom stereocenters. The Morgan fingerprint density at radius 3 is 3.12 bits per heavy atom. The van der Waals surface area contributed by atoms with Crippen molar-refractivity contribution in [2.24, 2.45) is 0 Å². The second-order valence-corrected chi connectivity index (χ2v) is 4.68. The Bertz CT molecular complexity index is 360. The number of amides is 1. The summed E-state index contributed by atoms with van der Waals surface area (Å²) in [5.74, 6) is 0.00126. The molecule has 1 amide bonds. The van der Waals surface area contributed by atoms with E-state index in [1.807, 2.05) is 7.05 Å². The minimum atomic E-state index is 0. The molecule has 2 heterocycles. The van der Waals surface area contributed by atoms with Crippen LogP contribution >= 0.6 is 23.7 Å². The number of ether oxygens (including phenoxy) is 1. The van der Waals surface area contributed by atoms with Crippen LogP contribution < -0.4 is 10.6 Å². The highest BCUT2D eigenvalue weighted by molar-refractivity contribution is 7.15. The van der Waals surface area contributed by atoms with E-state index in [4.69, 9.17) is 4.74 Å². The maximum Gasteiger partial charge on any atom is 0.227 e. The minimum Gasteiger partial charge on any atom is -0.375 e. The van der Waals surface area contributed by atoms with Gasteiger partial charge in [0.25, 0.3) is 0 Å². The lowest BCUT2D eigenvalue weighted by Gasteiger charge is -2.08. The van der Waals surface area contributed by atoms with Crippen LogP contribution in [0.15, 0.2) is 0 Å². The number of halogens is 1. The largest absolute Gasteiger partial charge is 0.375 e. The van der Waals surface area contributed by atoms with Gasteiger partial charge in [-0.1, -0.05) is 11.3 Å². The molecule has 0 aromatic carbocycles. The van der Waals surface area contributed by atoms with Gasteiger partial charge in [-0.15, -0.1) is 12.4 Å². The fraction of sp³-hybridized carbons (Fsp3) is 0.600. The Kier molecular flexibility index (Phi) is 5.84. The molecule has 2 rings (SSSR count). The van der Waals surface area contributed by atoms with Crippen molar-refractivity contribution >= 4 is 34.8 Å². The quantitative estimate of drug-likeness (QED) is 0.868. The van der Waals surface area contributed by atoms with E-state index in [-0.39, 0.29) is 18.3 Å². The van der Waals surface area contributed by atoms with Crippen LogP contribution in [-0.2, 0) is 22.6 Å². The first-order chi connectivity index (χ1) is 7.79. The van der Waals surface area contributed by atoms with E-state index in [1.165, 1.54) is 11.3 Å². The molecule has 0 fully saturated rings. The van der Waals surface area contributed by atoms with Gasteiger partial charge in [0.15, 0.2) is 5.13 Å². The summed E-state index contributed by atoms with van der Waals surface area (Å²) in [4.78, 5) is 17.0. The molecule has 1 aliphatic heterocycles. The third-order valence-electron chi connectivity index (χ3n) is 2.34. The Balaban J connectivity index is 0.00000144. The molecule has 0 saturated carbocycles. The highest BCUT2D eigenvalue weighted by atomic mass is 35.5. The molecule has 1 aromatic rings. The molecule has 2 N–H and O–H groups in total. The van der Waals surface area contributed by atoms with Crippen LogP contribution in [0.3, 0.4) is 0 Å². The third kappa shape index (κ3) is 3.92. The first kappa shape index (κ1) is 14.4. The summed E-state index contributed by atoms with van der Waals surface area (Å²) in [6.45, 7) is 2.03. The molecular weight excluding hydrogens is 262 g/mol. The molecule has 96 valence electrons. The second-order valence-electron chi connectivity index (χ2n) is 3.59.